The molecule has 0 N–H and O–H groups in total. The van der Waals surface area contributed by atoms with Crippen molar-refractivity contribution >= 4 is 39.1 Å². The molecular formula is C18H16INO3. The third-order valence-corrected chi connectivity index (χ3v) is 6.53. The zero-order chi connectivity index (χ0) is 16.2. The number of rotatable bonds is 2. The van der Waals surface area contributed by atoms with E-state index in [2.05, 4.69) is 53.1 Å². The second-order valence-corrected chi connectivity index (χ2v) is 7.90. The van der Waals surface area contributed by atoms with Gasteiger partial charge >= 0.3 is 0 Å². The Morgan fingerprint density at radius 2 is 2.13 bits per heavy atom. The van der Waals surface area contributed by atoms with Crippen LogP contribution in [-0.2, 0) is 11.2 Å². The number of halogens is 1. The van der Waals surface area contributed by atoms with Crippen molar-refractivity contribution in [3.63, 3.8) is 0 Å². The van der Waals surface area contributed by atoms with Crippen LogP contribution in [0.3, 0.4) is 0 Å². The summed E-state index contributed by atoms with van der Waals surface area (Å²) in [5, 5.41) is 4.78. The first kappa shape index (κ1) is 15.1. The van der Waals surface area contributed by atoms with Crippen molar-refractivity contribution in [1.29, 1.82) is 0 Å². The van der Waals surface area contributed by atoms with Crippen LogP contribution < -0.4 is 4.84 Å². The molecule has 4 nitrogen and oxygen atoms in total. The number of hydrogen-bond acceptors (Lipinski definition) is 4. The van der Waals surface area contributed by atoms with Gasteiger partial charge in [-0.1, -0.05) is 19.1 Å². The Morgan fingerprint density at radius 1 is 1.30 bits per heavy atom. The quantitative estimate of drug-likeness (QED) is 0.394. The van der Waals surface area contributed by atoms with Gasteiger partial charge < -0.3 is 4.84 Å². The number of fused-ring (bicyclic) bond motifs is 5. The molecular weight excluding hydrogens is 405 g/mol. The third-order valence-electron chi connectivity index (χ3n) is 5.69. The Morgan fingerprint density at radius 3 is 2.91 bits per heavy atom. The van der Waals surface area contributed by atoms with Gasteiger partial charge in [0.05, 0.1) is 3.57 Å². The summed E-state index contributed by atoms with van der Waals surface area (Å²) in [7, 11) is 0. The van der Waals surface area contributed by atoms with Crippen molar-refractivity contribution in [2.75, 3.05) is 0 Å². The molecule has 118 valence electrons. The third kappa shape index (κ3) is 2.12. The van der Waals surface area contributed by atoms with Crippen LogP contribution in [0.1, 0.15) is 43.2 Å². The minimum absolute atomic E-state index is 0.182. The van der Waals surface area contributed by atoms with Crippen LogP contribution in [0, 0.1) is 13.9 Å². The van der Waals surface area contributed by atoms with Crippen LogP contribution in [0.15, 0.2) is 29.6 Å². The van der Waals surface area contributed by atoms with Crippen LogP contribution in [-0.4, -0.2) is 5.78 Å². The van der Waals surface area contributed by atoms with E-state index in [4.69, 9.17) is 4.84 Å². The van der Waals surface area contributed by atoms with Gasteiger partial charge in [0, 0.05) is 11.8 Å². The topological polar surface area (TPSA) is 55.7 Å². The number of aryl methyl sites for hydroxylation is 1. The van der Waals surface area contributed by atoms with Gasteiger partial charge in [0.1, 0.15) is 5.78 Å². The van der Waals surface area contributed by atoms with Crippen molar-refractivity contribution in [3.8, 4) is 5.75 Å². The van der Waals surface area contributed by atoms with Gasteiger partial charge in [0.15, 0.2) is 11.1 Å². The fraction of sp³-hybridized carbons (Fsp3) is 0.389. The number of carbonyl (C=O) groups excluding carboxylic acids is 1. The second kappa shape index (κ2) is 5.26. The highest BCUT2D eigenvalue weighted by Crippen LogP contribution is 2.54. The molecule has 0 spiro atoms. The number of nitrogens with zero attached hydrogens (tertiary/aromatic N) is 1. The largest absolute Gasteiger partial charge is 0.323 e. The molecule has 0 unspecified atom stereocenters. The first-order valence-corrected chi connectivity index (χ1v) is 8.90. The lowest BCUT2D eigenvalue weighted by Crippen LogP contribution is -2.32. The van der Waals surface area contributed by atoms with Gasteiger partial charge in [-0.15, -0.1) is 4.91 Å². The first-order chi connectivity index (χ1) is 11.0. The van der Waals surface area contributed by atoms with Crippen LogP contribution in [0.2, 0.25) is 0 Å². The molecule has 0 aromatic heterocycles. The molecule has 2 atom stereocenters. The minimum Gasteiger partial charge on any atom is -0.323 e. The highest BCUT2D eigenvalue weighted by atomic mass is 127. The maximum absolute atomic E-state index is 12.3. The lowest BCUT2D eigenvalue weighted by molar-refractivity contribution is -0.126. The molecule has 2 aromatic carbocycles. The van der Waals surface area contributed by atoms with E-state index in [9.17, 15) is 9.70 Å². The second-order valence-electron chi connectivity index (χ2n) is 6.73. The SMILES string of the molecule is C[C@]12CCc3c(ccc4cc(ON=O)c(I)cc34)[C@@H]1CCC2=O. The van der Waals surface area contributed by atoms with Gasteiger partial charge in [0.25, 0.3) is 0 Å². The predicted molar refractivity (Wildman–Crippen MR) is 96.5 cm³/mol. The van der Waals surface area contributed by atoms with E-state index in [0.29, 0.717) is 23.9 Å². The molecule has 0 saturated heterocycles. The maximum Gasteiger partial charge on any atom is 0.175 e. The van der Waals surface area contributed by atoms with E-state index in [1.807, 2.05) is 6.07 Å². The maximum atomic E-state index is 12.3. The number of benzene rings is 2. The molecule has 5 heteroatoms. The van der Waals surface area contributed by atoms with Gasteiger partial charge in [-0.2, -0.15) is 0 Å². The molecule has 2 aliphatic carbocycles. The Labute approximate surface area is 147 Å². The zero-order valence-corrected chi connectivity index (χ0v) is 14.9. The monoisotopic (exact) mass is 421 g/mol. The summed E-state index contributed by atoms with van der Waals surface area (Å²) in [5.74, 6) is 1.25. The summed E-state index contributed by atoms with van der Waals surface area (Å²) in [6, 6.07) is 8.15. The van der Waals surface area contributed by atoms with E-state index < -0.39 is 0 Å². The molecule has 0 bridgehead atoms. The van der Waals surface area contributed by atoms with Crippen LogP contribution in [0.25, 0.3) is 10.8 Å². The Kier molecular flexibility index (Phi) is 3.44. The average Bonchev–Trinajstić information content (AvgIpc) is 2.84. The molecule has 4 rings (SSSR count). The minimum atomic E-state index is -0.182. The fourth-order valence-electron chi connectivity index (χ4n) is 4.39. The van der Waals surface area contributed by atoms with Crippen molar-refractivity contribution in [2.45, 2.75) is 38.5 Å². The molecule has 0 heterocycles. The van der Waals surface area contributed by atoms with E-state index in [-0.39, 0.29) is 5.41 Å². The lowest BCUT2D eigenvalue weighted by atomic mass is 9.66. The van der Waals surface area contributed by atoms with Gasteiger partial charge in [-0.05, 0) is 81.8 Å². The van der Waals surface area contributed by atoms with Crippen molar-refractivity contribution in [3.05, 3.63) is 43.9 Å². The normalized spacial score (nSPS) is 26.0. The van der Waals surface area contributed by atoms with Gasteiger partial charge in [0.2, 0.25) is 0 Å². The highest BCUT2D eigenvalue weighted by Gasteiger charge is 2.49. The molecule has 1 fully saturated rings. The molecule has 1 saturated carbocycles. The zero-order valence-electron chi connectivity index (χ0n) is 12.8. The Hall–Kier alpha value is -1.50. The standard InChI is InChI=1S/C18H16INO3/c1-18-7-6-11-12(14(18)4-5-17(18)21)3-2-10-8-16(23-20-22)15(19)9-13(10)11/h2-3,8-9,14H,4-7H2,1H3/t14-,18-/m0/s1. The number of ketones is 1. The Balaban J connectivity index is 1.90. The number of carbonyl (C=O) groups is 1. The van der Waals surface area contributed by atoms with Crippen LogP contribution in [0.5, 0.6) is 5.75 Å². The summed E-state index contributed by atoms with van der Waals surface area (Å²) in [5.41, 5.74) is 2.50. The first-order valence-electron chi connectivity index (χ1n) is 7.82. The summed E-state index contributed by atoms with van der Waals surface area (Å²) >= 11 is 2.17. The van der Waals surface area contributed by atoms with E-state index in [1.165, 1.54) is 16.5 Å². The summed E-state index contributed by atoms with van der Waals surface area (Å²) in [6.45, 7) is 2.14. The Bertz CT molecular complexity index is 848. The average molecular weight is 421 g/mol. The fourth-order valence-corrected chi connectivity index (χ4v) is 4.96. The lowest BCUT2D eigenvalue weighted by Gasteiger charge is -2.37. The van der Waals surface area contributed by atoms with Crippen molar-refractivity contribution in [1.82, 2.24) is 0 Å². The number of Topliss-reactive ketones (excluding diaryl/α,β-unsaturated/α-hetero) is 1. The highest BCUT2D eigenvalue weighted by molar-refractivity contribution is 14.1. The van der Waals surface area contributed by atoms with Crippen molar-refractivity contribution in [2.24, 2.45) is 10.8 Å². The molecule has 0 amide bonds. The summed E-state index contributed by atoms with van der Waals surface area (Å²) in [6.07, 6.45) is 3.51. The molecule has 2 aromatic rings. The van der Waals surface area contributed by atoms with E-state index in [0.717, 1.165) is 28.2 Å². The van der Waals surface area contributed by atoms with Crippen LogP contribution >= 0.6 is 22.6 Å². The molecule has 2 aliphatic rings. The number of hydrogen-bond donors (Lipinski definition) is 0. The van der Waals surface area contributed by atoms with Crippen molar-refractivity contribution < 1.29 is 9.63 Å². The predicted octanol–water partition coefficient (Wildman–Crippen LogP) is 4.90. The summed E-state index contributed by atoms with van der Waals surface area (Å²) in [4.78, 5) is 27.5. The smallest absolute Gasteiger partial charge is 0.175 e. The van der Waals surface area contributed by atoms with Crippen LogP contribution in [0.4, 0.5) is 0 Å². The van der Waals surface area contributed by atoms with Gasteiger partial charge in [-0.3, -0.25) is 4.79 Å². The molecule has 0 aliphatic heterocycles. The molecule has 23 heavy (non-hydrogen) atoms. The van der Waals surface area contributed by atoms with Gasteiger partial charge in [-0.25, -0.2) is 0 Å². The summed E-state index contributed by atoms with van der Waals surface area (Å²) < 4.78 is 0.874. The van der Waals surface area contributed by atoms with E-state index in [1.54, 1.807) is 0 Å². The molecule has 0 radical (unpaired) electrons. The van der Waals surface area contributed by atoms with E-state index >= 15 is 0 Å².